The van der Waals surface area contributed by atoms with E-state index in [0.29, 0.717) is 22.4 Å². The molecule has 0 aliphatic heterocycles. The molecule has 2 N–H and O–H groups in total. The van der Waals surface area contributed by atoms with Crippen molar-refractivity contribution in [3.63, 3.8) is 0 Å². The van der Waals surface area contributed by atoms with Gasteiger partial charge in [0.25, 0.3) is 5.91 Å². The van der Waals surface area contributed by atoms with Crippen LogP contribution in [0.4, 0.5) is 5.82 Å². The maximum Gasteiger partial charge on any atom is 0.251 e. The number of nitrogens with one attached hydrogen (secondary N) is 2. The molecule has 1 aromatic carbocycles. The quantitative estimate of drug-likeness (QED) is 0.565. The molecule has 0 fully saturated rings. The highest BCUT2D eigenvalue weighted by Gasteiger charge is 2.19. The smallest absolute Gasteiger partial charge is 0.251 e. The molecule has 156 valence electrons. The number of anilines is 1. The van der Waals surface area contributed by atoms with Gasteiger partial charge in [0.1, 0.15) is 5.82 Å². The van der Waals surface area contributed by atoms with Crippen LogP contribution in [0.15, 0.2) is 47.8 Å². The number of hydrogen-bond acceptors (Lipinski definition) is 6. The molecule has 0 aliphatic carbocycles. The van der Waals surface area contributed by atoms with Crippen LogP contribution in [0.1, 0.15) is 40.3 Å². The average Bonchev–Trinajstić information content (AvgIpc) is 3.08. The number of aryl methyl sites for hydroxylation is 2. The van der Waals surface area contributed by atoms with Crippen LogP contribution in [0.5, 0.6) is 0 Å². The lowest BCUT2D eigenvalue weighted by Gasteiger charge is -2.14. The van der Waals surface area contributed by atoms with Gasteiger partial charge in [-0.2, -0.15) is 0 Å². The molecule has 0 unspecified atom stereocenters. The highest BCUT2D eigenvalue weighted by Crippen LogP contribution is 2.20. The van der Waals surface area contributed by atoms with Crippen molar-refractivity contribution in [2.75, 3.05) is 11.1 Å². The van der Waals surface area contributed by atoms with Gasteiger partial charge in [0.15, 0.2) is 11.0 Å². The summed E-state index contributed by atoms with van der Waals surface area (Å²) >= 11 is 1.27. The summed E-state index contributed by atoms with van der Waals surface area (Å²) in [5, 5.41) is 14.7. The van der Waals surface area contributed by atoms with E-state index in [1.807, 2.05) is 58.2 Å². The van der Waals surface area contributed by atoms with Crippen molar-refractivity contribution in [1.29, 1.82) is 0 Å². The summed E-state index contributed by atoms with van der Waals surface area (Å²) in [5.41, 5.74) is 2.52. The van der Waals surface area contributed by atoms with Gasteiger partial charge in [0, 0.05) is 18.8 Å². The predicted octanol–water partition coefficient (Wildman–Crippen LogP) is 3.05. The first-order valence-corrected chi connectivity index (χ1v) is 10.4. The third-order valence-corrected chi connectivity index (χ3v) is 5.50. The number of rotatable bonds is 7. The minimum atomic E-state index is -0.338. The molecule has 0 aliphatic rings. The minimum absolute atomic E-state index is 0.173. The number of amides is 2. The molecule has 3 aromatic rings. The largest absolute Gasteiger partial charge is 0.342 e. The standard InChI is InChI=1S/C21H24N6O2S/c1-13-7-5-9-16(11-13)20(29)23-15(3)19-25-26-21(27(19)4)30-12-17(28)24-18-14(2)8-6-10-22-18/h5-11,15H,12H2,1-4H3,(H,23,29)(H,22,24,28)/t15-/m0/s1. The van der Waals surface area contributed by atoms with Gasteiger partial charge in [-0.3, -0.25) is 9.59 Å². The van der Waals surface area contributed by atoms with Crippen LogP contribution in [0.25, 0.3) is 0 Å². The van der Waals surface area contributed by atoms with E-state index < -0.39 is 0 Å². The van der Waals surface area contributed by atoms with E-state index >= 15 is 0 Å². The minimum Gasteiger partial charge on any atom is -0.342 e. The lowest BCUT2D eigenvalue weighted by Crippen LogP contribution is -2.28. The third kappa shape index (κ3) is 5.24. The highest BCUT2D eigenvalue weighted by atomic mass is 32.2. The SMILES string of the molecule is Cc1cccc(C(=O)N[C@@H](C)c2nnc(SCC(=O)Nc3ncccc3C)n2C)c1. The maximum atomic E-state index is 12.5. The number of hydrogen-bond donors (Lipinski definition) is 2. The maximum absolute atomic E-state index is 12.5. The van der Waals surface area contributed by atoms with Crippen LogP contribution in [-0.2, 0) is 11.8 Å². The molecular formula is C21H24N6O2S. The molecule has 0 saturated heterocycles. The zero-order valence-electron chi connectivity index (χ0n) is 17.3. The van der Waals surface area contributed by atoms with E-state index in [2.05, 4.69) is 25.8 Å². The van der Waals surface area contributed by atoms with Crippen molar-refractivity contribution in [1.82, 2.24) is 25.1 Å². The summed E-state index contributed by atoms with van der Waals surface area (Å²) in [6.07, 6.45) is 1.64. The van der Waals surface area contributed by atoms with Gasteiger partial charge in [-0.25, -0.2) is 4.98 Å². The second-order valence-electron chi connectivity index (χ2n) is 6.97. The second kappa shape index (κ2) is 9.53. The Hall–Kier alpha value is -3.20. The molecular weight excluding hydrogens is 400 g/mol. The average molecular weight is 425 g/mol. The normalized spacial score (nSPS) is 11.7. The number of aromatic nitrogens is 4. The van der Waals surface area contributed by atoms with Gasteiger partial charge in [-0.05, 0) is 44.5 Å². The van der Waals surface area contributed by atoms with E-state index in [1.165, 1.54) is 11.8 Å². The first-order valence-electron chi connectivity index (χ1n) is 9.46. The molecule has 9 heteroatoms. The molecule has 2 aromatic heterocycles. The Morgan fingerprint density at radius 2 is 1.97 bits per heavy atom. The van der Waals surface area contributed by atoms with Gasteiger partial charge in [0.2, 0.25) is 5.91 Å². The Balaban J connectivity index is 1.59. The molecule has 0 radical (unpaired) electrons. The molecule has 2 amide bonds. The molecule has 0 bridgehead atoms. The molecule has 30 heavy (non-hydrogen) atoms. The summed E-state index contributed by atoms with van der Waals surface area (Å²) in [6.45, 7) is 5.68. The fourth-order valence-electron chi connectivity index (χ4n) is 2.87. The molecule has 1 atom stereocenters. The Morgan fingerprint density at radius 1 is 1.17 bits per heavy atom. The van der Waals surface area contributed by atoms with Crippen molar-refractivity contribution in [2.45, 2.75) is 32.0 Å². The fourth-order valence-corrected chi connectivity index (χ4v) is 3.59. The van der Waals surface area contributed by atoms with Gasteiger partial charge < -0.3 is 15.2 Å². The van der Waals surface area contributed by atoms with E-state index in [4.69, 9.17) is 0 Å². The summed E-state index contributed by atoms with van der Waals surface area (Å²) in [7, 11) is 1.81. The summed E-state index contributed by atoms with van der Waals surface area (Å²) < 4.78 is 1.78. The summed E-state index contributed by atoms with van der Waals surface area (Å²) in [5.74, 6) is 0.987. The van der Waals surface area contributed by atoms with Crippen LogP contribution in [0.2, 0.25) is 0 Å². The topological polar surface area (TPSA) is 102 Å². The van der Waals surface area contributed by atoms with E-state index in [1.54, 1.807) is 16.8 Å². The molecule has 3 rings (SSSR count). The van der Waals surface area contributed by atoms with E-state index in [9.17, 15) is 9.59 Å². The van der Waals surface area contributed by atoms with Gasteiger partial charge in [-0.1, -0.05) is 35.5 Å². The van der Waals surface area contributed by atoms with Crippen molar-refractivity contribution in [3.05, 3.63) is 65.1 Å². The Labute approximate surface area is 179 Å². The zero-order valence-corrected chi connectivity index (χ0v) is 18.2. The van der Waals surface area contributed by atoms with Crippen LogP contribution in [0.3, 0.4) is 0 Å². The van der Waals surface area contributed by atoms with Crippen molar-refractivity contribution >= 4 is 29.4 Å². The monoisotopic (exact) mass is 424 g/mol. The van der Waals surface area contributed by atoms with Crippen LogP contribution in [0, 0.1) is 13.8 Å². The lowest BCUT2D eigenvalue weighted by atomic mass is 10.1. The van der Waals surface area contributed by atoms with Gasteiger partial charge >= 0.3 is 0 Å². The Morgan fingerprint density at radius 3 is 2.70 bits per heavy atom. The zero-order chi connectivity index (χ0) is 21.7. The fraction of sp³-hybridized carbons (Fsp3) is 0.286. The summed E-state index contributed by atoms with van der Waals surface area (Å²) in [4.78, 5) is 28.9. The predicted molar refractivity (Wildman–Crippen MR) is 116 cm³/mol. The molecule has 8 nitrogen and oxygen atoms in total. The molecule has 0 saturated carbocycles. The van der Waals surface area contributed by atoms with Gasteiger partial charge in [-0.15, -0.1) is 10.2 Å². The van der Waals surface area contributed by atoms with E-state index in [0.717, 1.165) is 11.1 Å². The Kier molecular flexibility index (Phi) is 6.83. The highest BCUT2D eigenvalue weighted by molar-refractivity contribution is 7.99. The van der Waals surface area contributed by atoms with Crippen molar-refractivity contribution in [3.8, 4) is 0 Å². The first-order chi connectivity index (χ1) is 14.3. The number of pyridine rings is 1. The van der Waals surface area contributed by atoms with Crippen LogP contribution in [-0.4, -0.2) is 37.3 Å². The first kappa shape index (κ1) is 21.5. The Bertz CT molecular complexity index is 1070. The molecule has 2 heterocycles. The number of thioether (sulfide) groups is 1. The summed E-state index contributed by atoms with van der Waals surface area (Å²) in [6, 6.07) is 10.8. The molecule has 0 spiro atoms. The van der Waals surface area contributed by atoms with Crippen LogP contribution >= 0.6 is 11.8 Å². The van der Waals surface area contributed by atoms with Crippen LogP contribution < -0.4 is 10.6 Å². The van der Waals surface area contributed by atoms with Crippen molar-refractivity contribution < 1.29 is 9.59 Å². The second-order valence-corrected chi connectivity index (χ2v) is 7.91. The number of carbonyl (C=O) groups is 2. The van der Waals surface area contributed by atoms with Gasteiger partial charge in [0.05, 0.1) is 11.8 Å². The lowest BCUT2D eigenvalue weighted by molar-refractivity contribution is -0.113. The number of nitrogens with zero attached hydrogens (tertiary/aromatic N) is 4. The number of benzene rings is 1. The number of carbonyl (C=O) groups excluding carboxylic acids is 2. The third-order valence-electron chi connectivity index (χ3n) is 4.48. The van der Waals surface area contributed by atoms with Crippen molar-refractivity contribution in [2.24, 2.45) is 7.05 Å². The van der Waals surface area contributed by atoms with E-state index in [-0.39, 0.29) is 23.6 Å².